The molecule has 14 heteroatoms. The van der Waals surface area contributed by atoms with Crippen LogP contribution in [-0.2, 0) is 20.2 Å². The minimum Gasteiger partial charge on any atom is -0.506 e. The number of aromatic hydroxyl groups is 2. The predicted molar refractivity (Wildman–Crippen MR) is 118 cm³/mol. The third-order valence-electron chi connectivity index (χ3n) is 4.31. The highest BCUT2D eigenvalue weighted by atomic mass is 33.1. The molecular weight excluding hydrogens is 500 g/mol. The normalized spacial score (nSPS) is 12.4. The average molecular weight is 513 g/mol. The highest BCUT2D eigenvalue weighted by Gasteiger charge is 2.19. The second-order valence-electron chi connectivity index (χ2n) is 6.37. The Morgan fingerprint density at radius 1 is 0.594 bits per heavy atom. The number of fused-ring (bicyclic) bond motifs is 2. The number of pyridine rings is 2. The van der Waals surface area contributed by atoms with Gasteiger partial charge in [0.25, 0.3) is 20.2 Å². The molecule has 0 aliphatic rings. The molecular formula is C18H12N2O8S4. The molecule has 166 valence electrons. The Morgan fingerprint density at radius 2 is 0.969 bits per heavy atom. The highest BCUT2D eigenvalue weighted by Crippen LogP contribution is 2.39. The fraction of sp³-hybridized carbons (Fsp3) is 0. The van der Waals surface area contributed by atoms with Crippen LogP contribution in [-0.4, -0.2) is 46.1 Å². The minimum absolute atomic E-state index is 0.0207. The molecule has 0 fully saturated rings. The van der Waals surface area contributed by atoms with E-state index in [1.807, 2.05) is 0 Å². The van der Waals surface area contributed by atoms with Crippen LogP contribution in [0.1, 0.15) is 0 Å². The molecule has 4 rings (SSSR count). The summed E-state index contributed by atoms with van der Waals surface area (Å²) in [6.07, 6.45) is 0. The number of hydrogen-bond acceptors (Lipinski definition) is 10. The van der Waals surface area contributed by atoms with E-state index in [4.69, 9.17) is 0 Å². The molecule has 0 atom stereocenters. The molecule has 0 unspecified atom stereocenters. The van der Waals surface area contributed by atoms with Crippen LogP contribution in [0.5, 0.6) is 11.5 Å². The first-order valence-electron chi connectivity index (χ1n) is 8.50. The molecule has 0 amide bonds. The van der Waals surface area contributed by atoms with Crippen molar-refractivity contribution in [1.82, 2.24) is 9.97 Å². The van der Waals surface area contributed by atoms with Crippen LogP contribution in [0.4, 0.5) is 0 Å². The van der Waals surface area contributed by atoms with Crippen molar-refractivity contribution in [3.8, 4) is 11.5 Å². The lowest BCUT2D eigenvalue weighted by molar-refractivity contribution is 0.475. The lowest BCUT2D eigenvalue weighted by Gasteiger charge is -2.08. The van der Waals surface area contributed by atoms with Gasteiger partial charge in [0, 0.05) is 10.8 Å². The summed E-state index contributed by atoms with van der Waals surface area (Å²) >= 11 is 0. The number of benzene rings is 2. The smallest absolute Gasteiger partial charge is 0.295 e. The van der Waals surface area contributed by atoms with Gasteiger partial charge < -0.3 is 10.2 Å². The number of phenols is 2. The van der Waals surface area contributed by atoms with Gasteiger partial charge in [0.05, 0.1) is 0 Å². The molecule has 10 nitrogen and oxygen atoms in total. The van der Waals surface area contributed by atoms with Crippen LogP contribution in [0.3, 0.4) is 0 Å². The standard InChI is InChI=1S/C18H12N2O8S4/c21-11-3-5-13(31(23,24)25)9-1-7-15(19-17(9)11)29-30-16-8-2-10-14(32(26,27)28)6-4-12(22)18(10)20-16/h1-8,21-22H,(H,23,24,25)(H,26,27,28). The molecule has 4 N–H and O–H groups in total. The summed E-state index contributed by atoms with van der Waals surface area (Å²) in [6, 6.07) is 10.1. The fourth-order valence-electron chi connectivity index (χ4n) is 2.95. The van der Waals surface area contributed by atoms with Gasteiger partial charge in [-0.05, 0) is 70.1 Å². The number of rotatable bonds is 5. The summed E-state index contributed by atoms with van der Waals surface area (Å²) in [4.78, 5) is 7.66. The summed E-state index contributed by atoms with van der Waals surface area (Å²) in [6.45, 7) is 0. The quantitative estimate of drug-likeness (QED) is 0.227. The molecule has 0 spiro atoms. The van der Waals surface area contributed by atoms with E-state index in [1.54, 1.807) is 0 Å². The van der Waals surface area contributed by atoms with E-state index in [1.165, 1.54) is 24.3 Å². The SMILES string of the molecule is O=S(=O)(O)c1ccc(O)c2nc(SSc3ccc4c(S(=O)(=O)O)ccc(O)c4n3)ccc12. The molecule has 0 aliphatic carbocycles. The van der Waals surface area contributed by atoms with Gasteiger partial charge in [-0.3, -0.25) is 9.11 Å². The molecule has 2 heterocycles. The maximum atomic E-state index is 11.5. The predicted octanol–water partition coefficient (Wildman–Crippen LogP) is 3.49. The van der Waals surface area contributed by atoms with Gasteiger partial charge in [-0.2, -0.15) is 16.8 Å². The van der Waals surface area contributed by atoms with Crippen molar-refractivity contribution < 1.29 is 36.2 Å². The van der Waals surface area contributed by atoms with Gasteiger partial charge in [-0.1, -0.05) is 0 Å². The van der Waals surface area contributed by atoms with Crippen molar-refractivity contribution in [1.29, 1.82) is 0 Å². The van der Waals surface area contributed by atoms with Gasteiger partial charge in [0.2, 0.25) is 0 Å². The third kappa shape index (κ3) is 4.32. The number of hydrogen-bond donors (Lipinski definition) is 4. The zero-order chi connectivity index (χ0) is 23.3. The van der Waals surface area contributed by atoms with E-state index >= 15 is 0 Å². The Bertz CT molecular complexity index is 1480. The largest absolute Gasteiger partial charge is 0.506 e. The molecule has 0 aliphatic heterocycles. The Balaban J connectivity index is 1.68. The van der Waals surface area contributed by atoms with Gasteiger partial charge in [0.1, 0.15) is 42.4 Å². The molecule has 4 aromatic rings. The second kappa shape index (κ2) is 8.06. The van der Waals surface area contributed by atoms with Crippen molar-refractivity contribution in [2.24, 2.45) is 0 Å². The first kappa shape index (κ1) is 22.6. The first-order valence-corrected chi connectivity index (χ1v) is 13.5. The monoisotopic (exact) mass is 512 g/mol. The van der Waals surface area contributed by atoms with E-state index in [0.717, 1.165) is 45.9 Å². The fourth-order valence-corrected chi connectivity index (χ4v) is 6.05. The van der Waals surface area contributed by atoms with E-state index < -0.39 is 20.2 Å². The Kier molecular flexibility index (Phi) is 5.68. The van der Waals surface area contributed by atoms with E-state index in [9.17, 15) is 36.2 Å². The molecule has 0 saturated carbocycles. The molecule has 0 saturated heterocycles. The summed E-state index contributed by atoms with van der Waals surface area (Å²) in [5.41, 5.74) is -0.0414. The van der Waals surface area contributed by atoms with Crippen LogP contribution in [0, 0.1) is 0 Å². The number of phenolic OH excluding ortho intramolecular Hbond substituents is 2. The van der Waals surface area contributed by atoms with Gasteiger partial charge in [-0.15, -0.1) is 0 Å². The first-order chi connectivity index (χ1) is 14.9. The summed E-state index contributed by atoms with van der Waals surface area (Å²) < 4.78 is 64.8. The van der Waals surface area contributed by atoms with E-state index in [0.29, 0.717) is 10.1 Å². The molecule has 2 aromatic carbocycles. The van der Waals surface area contributed by atoms with Gasteiger partial charge >= 0.3 is 0 Å². The molecule has 32 heavy (non-hydrogen) atoms. The maximum Gasteiger partial charge on any atom is 0.295 e. The summed E-state index contributed by atoms with van der Waals surface area (Å²) in [5, 5.41) is 20.9. The van der Waals surface area contributed by atoms with Crippen LogP contribution < -0.4 is 0 Å². The zero-order valence-corrected chi connectivity index (χ0v) is 18.8. The second-order valence-corrected chi connectivity index (χ2v) is 11.3. The average Bonchev–Trinajstić information content (AvgIpc) is 2.71. The van der Waals surface area contributed by atoms with Crippen LogP contribution in [0.25, 0.3) is 21.8 Å². The van der Waals surface area contributed by atoms with Crippen LogP contribution in [0.15, 0.2) is 68.4 Å². The third-order valence-corrected chi connectivity index (χ3v) is 8.29. The Morgan fingerprint density at radius 3 is 1.31 bits per heavy atom. The lowest BCUT2D eigenvalue weighted by atomic mass is 10.2. The summed E-state index contributed by atoms with van der Waals surface area (Å²) in [5.74, 6) is -0.544. The summed E-state index contributed by atoms with van der Waals surface area (Å²) in [7, 11) is -6.81. The van der Waals surface area contributed by atoms with Crippen molar-refractivity contribution in [3.05, 3.63) is 48.5 Å². The van der Waals surface area contributed by atoms with Crippen LogP contribution in [0.2, 0.25) is 0 Å². The van der Waals surface area contributed by atoms with Crippen molar-refractivity contribution >= 4 is 63.6 Å². The van der Waals surface area contributed by atoms with Gasteiger partial charge in [-0.25, -0.2) is 9.97 Å². The van der Waals surface area contributed by atoms with Gasteiger partial charge in [0.15, 0.2) is 0 Å². The number of aromatic nitrogens is 2. The number of nitrogens with zero attached hydrogens (tertiary/aromatic N) is 2. The zero-order valence-electron chi connectivity index (χ0n) is 15.6. The Hall–Kier alpha value is -2.62. The lowest BCUT2D eigenvalue weighted by Crippen LogP contribution is -2.00. The van der Waals surface area contributed by atoms with Crippen molar-refractivity contribution in [2.75, 3.05) is 0 Å². The van der Waals surface area contributed by atoms with Crippen molar-refractivity contribution in [2.45, 2.75) is 19.8 Å². The molecule has 0 bridgehead atoms. The topological polar surface area (TPSA) is 175 Å². The molecule has 2 aromatic heterocycles. The van der Waals surface area contributed by atoms with Crippen molar-refractivity contribution in [3.63, 3.8) is 0 Å². The molecule has 0 radical (unpaired) electrons. The van der Waals surface area contributed by atoms with E-state index in [2.05, 4.69) is 9.97 Å². The maximum absolute atomic E-state index is 11.5. The highest BCUT2D eigenvalue weighted by molar-refractivity contribution is 8.76. The Labute approximate surface area is 189 Å². The minimum atomic E-state index is -4.51. The van der Waals surface area contributed by atoms with Crippen LogP contribution >= 0.6 is 21.6 Å². The van der Waals surface area contributed by atoms with E-state index in [-0.39, 0.29) is 43.1 Å².